The van der Waals surface area contributed by atoms with Gasteiger partial charge in [0.2, 0.25) is 5.70 Å². The van der Waals surface area contributed by atoms with E-state index >= 15 is 0 Å². The Morgan fingerprint density at radius 2 is 1.60 bits per heavy atom. The highest BCUT2D eigenvalue weighted by Crippen LogP contribution is 2.33. The van der Waals surface area contributed by atoms with E-state index in [2.05, 4.69) is 5.32 Å². The van der Waals surface area contributed by atoms with Crippen molar-refractivity contribution in [3.8, 4) is 11.5 Å². The van der Waals surface area contributed by atoms with Gasteiger partial charge >= 0.3 is 0 Å². The van der Waals surface area contributed by atoms with E-state index in [4.69, 9.17) is 21.7 Å². The molecular weight excluding hydrogens is 396 g/mol. The predicted octanol–water partition coefficient (Wildman–Crippen LogP) is 3.49. The molecule has 0 fully saturated rings. The summed E-state index contributed by atoms with van der Waals surface area (Å²) >= 11 is 5.71. The number of hydrogen-bond acceptors (Lipinski definition) is 4. The van der Waals surface area contributed by atoms with Crippen LogP contribution in [-0.4, -0.2) is 18.2 Å². The molecule has 1 aliphatic heterocycles. The molecule has 0 atom stereocenters. The largest absolute Gasteiger partial charge is 0.867 e. The monoisotopic (exact) mass is 418 g/mol. The van der Waals surface area contributed by atoms with Gasteiger partial charge in [-0.1, -0.05) is 42.5 Å². The molecule has 0 radical (unpaired) electrons. The lowest BCUT2D eigenvalue weighted by Crippen LogP contribution is -2.40. The molecule has 0 amide bonds. The van der Waals surface area contributed by atoms with Crippen LogP contribution >= 0.6 is 12.2 Å². The SMILES string of the molecule is Cc1cccc(C)c1NC(=S)C(=C([O-])c1ccc2c(c1)OCCO2)[n+]1ccccc1. The number of anilines is 1. The molecule has 0 saturated carbocycles. The van der Waals surface area contributed by atoms with Gasteiger partial charge in [-0.2, -0.15) is 4.57 Å². The lowest BCUT2D eigenvalue weighted by molar-refractivity contribution is -0.577. The second-order valence-electron chi connectivity index (χ2n) is 7.04. The number of thiocarbonyl (C=S) groups is 1. The molecule has 152 valence electrons. The van der Waals surface area contributed by atoms with E-state index in [9.17, 15) is 5.11 Å². The summed E-state index contributed by atoms with van der Waals surface area (Å²) in [6.45, 7) is 4.98. The molecule has 0 saturated heterocycles. The van der Waals surface area contributed by atoms with Gasteiger partial charge in [0.15, 0.2) is 28.9 Å². The highest BCUT2D eigenvalue weighted by atomic mass is 32.1. The Bertz CT molecular complexity index is 1110. The number of ether oxygens (including phenoxy) is 2. The number of aryl methyl sites for hydroxylation is 2. The number of rotatable bonds is 4. The molecule has 6 heteroatoms. The van der Waals surface area contributed by atoms with Gasteiger partial charge in [-0.05, 0) is 48.4 Å². The van der Waals surface area contributed by atoms with E-state index in [-0.39, 0.29) is 5.76 Å². The van der Waals surface area contributed by atoms with Crippen LogP contribution in [0.15, 0.2) is 67.0 Å². The topological polar surface area (TPSA) is 57.4 Å². The number of para-hydroxylation sites is 1. The first-order chi connectivity index (χ1) is 14.5. The van der Waals surface area contributed by atoms with E-state index in [1.165, 1.54) is 0 Å². The fourth-order valence-corrected chi connectivity index (χ4v) is 3.69. The second kappa shape index (κ2) is 8.55. The number of nitrogens with one attached hydrogen (secondary N) is 1. The number of benzene rings is 2. The number of hydrogen-bond donors (Lipinski definition) is 1. The molecule has 1 aliphatic rings. The molecule has 4 rings (SSSR count). The Balaban J connectivity index is 1.79. The summed E-state index contributed by atoms with van der Waals surface area (Å²) < 4.78 is 13.0. The average Bonchev–Trinajstić information content (AvgIpc) is 2.77. The van der Waals surface area contributed by atoms with Crippen LogP contribution in [0.4, 0.5) is 5.69 Å². The third-order valence-electron chi connectivity index (χ3n) is 4.93. The Hall–Kier alpha value is -3.38. The maximum absolute atomic E-state index is 13.6. The van der Waals surface area contributed by atoms with Gasteiger partial charge in [0.1, 0.15) is 13.2 Å². The first-order valence-electron chi connectivity index (χ1n) is 9.70. The molecule has 0 bridgehead atoms. The van der Waals surface area contributed by atoms with Crippen molar-refractivity contribution in [1.82, 2.24) is 0 Å². The fraction of sp³-hybridized carbons (Fsp3) is 0.167. The Kier molecular flexibility index (Phi) is 5.68. The number of pyridine rings is 1. The summed E-state index contributed by atoms with van der Waals surface area (Å²) in [5.41, 5.74) is 3.87. The minimum atomic E-state index is -0.202. The van der Waals surface area contributed by atoms with Crippen molar-refractivity contribution >= 4 is 34.3 Å². The Morgan fingerprint density at radius 3 is 2.30 bits per heavy atom. The first kappa shape index (κ1) is 19.9. The van der Waals surface area contributed by atoms with Crippen LogP contribution in [0, 0.1) is 13.8 Å². The van der Waals surface area contributed by atoms with Crippen LogP contribution < -0.4 is 24.5 Å². The minimum absolute atomic E-state index is 0.202. The Labute approximate surface area is 181 Å². The molecule has 5 nitrogen and oxygen atoms in total. The van der Waals surface area contributed by atoms with Gasteiger partial charge in [0.05, 0.1) is 0 Å². The zero-order valence-corrected chi connectivity index (χ0v) is 17.7. The first-order valence-corrected chi connectivity index (χ1v) is 10.1. The van der Waals surface area contributed by atoms with Crippen LogP contribution in [0.25, 0.3) is 11.5 Å². The third kappa shape index (κ3) is 4.00. The van der Waals surface area contributed by atoms with E-state index in [1.807, 2.05) is 62.6 Å². The van der Waals surface area contributed by atoms with E-state index in [1.54, 1.807) is 22.8 Å². The second-order valence-corrected chi connectivity index (χ2v) is 7.45. The molecule has 1 aromatic heterocycles. The number of nitrogens with zero attached hydrogens (tertiary/aromatic N) is 1. The van der Waals surface area contributed by atoms with E-state index in [0.717, 1.165) is 16.8 Å². The van der Waals surface area contributed by atoms with Crippen molar-refractivity contribution in [3.05, 3.63) is 83.7 Å². The summed E-state index contributed by atoms with van der Waals surface area (Å²) in [4.78, 5) is 0.350. The van der Waals surface area contributed by atoms with Gasteiger partial charge in [-0.15, -0.1) is 0 Å². The van der Waals surface area contributed by atoms with Crippen molar-refractivity contribution in [2.24, 2.45) is 0 Å². The van der Waals surface area contributed by atoms with Crippen molar-refractivity contribution < 1.29 is 19.1 Å². The quantitative estimate of drug-likeness (QED) is 0.304. The molecule has 2 aromatic carbocycles. The molecule has 3 aromatic rings. The molecule has 0 spiro atoms. The summed E-state index contributed by atoms with van der Waals surface area (Å²) in [6.07, 6.45) is 3.62. The summed E-state index contributed by atoms with van der Waals surface area (Å²) in [5, 5.41) is 16.8. The van der Waals surface area contributed by atoms with Gasteiger partial charge < -0.3 is 19.9 Å². The van der Waals surface area contributed by atoms with Gasteiger partial charge in [-0.3, -0.25) is 0 Å². The standard InChI is InChI=1S/C24H22N2O3S/c1-16-7-6-8-17(2)21(16)25-24(30)22(26-11-4-3-5-12-26)23(27)18-9-10-19-20(15-18)29-14-13-28-19/h3-12,15H,13-14H2,1-2H3,(H-,25,27,30). The smallest absolute Gasteiger partial charge is 0.238 e. The fourth-order valence-electron chi connectivity index (χ4n) is 3.39. The molecule has 0 aliphatic carbocycles. The number of aromatic nitrogens is 1. The zero-order valence-electron chi connectivity index (χ0n) is 16.8. The molecule has 1 N–H and O–H groups in total. The van der Waals surface area contributed by atoms with Crippen LogP contribution in [0.1, 0.15) is 16.7 Å². The molecule has 0 unspecified atom stereocenters. The van der Waals surface area contributed by atoms with Crippen molar-refractivity contribution in [3.63, 3.8) is 0 Å². The summed E-state index contributed by atoms with van der Waals surface area (Å²) in [6, 6.07) is 16.8. The lowest BCUT2D eigenvalue weighted by Gasteiger charge is -2.22. The number of fused-ring (bicyclic) bond motifs is 1. The maximum Gasteiger partial charge on any atom is 0.238 e. The third-order valence-corrected chi connectivity index (χ3v) is 5.22. The van der Waals surface area contributed by atoms with Gasteiger partial charge in [0.25, 0.3) is 0 Å². The average molecular weight is 419 g/mol. The van der Waals surface area contributed by atoms with Crippen LogP contribution in [0.2, 0.25) is 0 Å². The molecule has 30 heavy (non-hydrogen) atoms. The molecule has 2 heterocycles. The van der Waals surface area contributed by atoms with Crippen LogP contribution in [-0.2, 0) is 0 Å². The molecular formula is C24H22N2O3S. The van der Waals surface area contributed by atoms with Crippen molar-refractivity contribution in [1.29, 1.82) is 0 Å². The predicted molar refractivity (Wildman–Crippen MR) is 119 cm³/mol. The highest BCUT2D eigenvalue weighted by Gasteiger charge is 2.21. The van der Waals surface area contributed by atoms with Crippen molar-refractivity contribution in [2.75, 3.05) is 18.5 Å². The van der Waals surface area contributed by atoms with Crippen molar-refractivity contribution in [2.45, 2.75) is 13.8 Å². The Morgan fingerprint density at radius 1 is 0.933 bits per heavy atom. The van der Waals surface area contributed by atoms with Crippen LogP contribution in [0.5, 0.6) is 11.5 Å². The lowest BCUT2D eigenvalue weighted by atomic mass is 10.1. The van der Waals surface area contributed by atoms with Gasteiger partial charge in [0, 0.05) is 17.8 Å². The summed E-state index contributed by atoms with van der Waals surface area (Å²) in [7, 11) is 0. The zero-order chi connectivity index (χ0) is 21.1. The summed E-state index contributed by atoms with van der Waals surface area (Å²) in [5.74, 6) is 1.01. The normalized spacial score (nSPS) is 13.4. The van der Waals surface area contributed by atoms with Gasteiger partial charge in [-0.25, -0.2) is 0 Å². The highest BCUT2D eigenvalue weighted by molar-refractivity contribution is 7.81. The maximum atomic E-state index is 13.6. The van der Waals surface area contributed by atoms with E-state index in [0.29, 0.717) is 41.0 Å². The van der Waals surface area contributed by atoms with Crippen LogP contribution in [0.3, 0.4) is 0 Å². The van der Waals surface area contributed by atoms with E-state index < -0.39 is 0 Å². The minimum Gasteiger partial charge on any atom is -0.867 e.